The first-order valence-electron chi connectivity index (χ1n) is 6.34. The molecule has 20 heavy (non-hydrogen) atoms. The predicted octanol–water partition coefficient (Wildman–Crippen LogP) is 3.29. The lowest BCUT2D eigenvalue weighted by molar-refractivity contribution is 0.0936. The van der Waals surface area contributed by atoms with Crippen molar-refractivity contribution >= 4 is 17.5 Å². The molecule has 1 aromatic heterocycles. The Balaban J connectivity index is 1.84. The lowest BCUT2D eigenvalue weighted by Crippen LogP contribution is -2.27. The predicted molar refractivity (Wildman–Crippen MR) is 74.2 cm³/mol. The highest BCUT2D eigenvalue weighted by Crippen LogP contribution is 2.35. The average Bonchev–Trinajstić information content (AvgIpc) is 2.83. The number of aromatic nitrogens is 1. The molecule has 0 bridgehead atoms. The SMILES string of the molecule is O=C(N[C@@H]1CCc2c(F)cc(Cl)cc21)c1cccnc1. The van der Waals surface area contributed by atoms with Gasteiger partial charge in [-0.05, 0) is 48.2 Å². The number of hydrogen-bond donors (Lipinski definition) is 1. The number of hydrogen-bond acceptors (Lipinski definition) is 2. The van der Waals surface area contributed by atoms with Crippen molar-refractivity contribution in [2.24, 2.45) is 0 Å². The van der Waals surface area contributed by atoms with Gasteiger partial charge < -0.3 is 5.32 Å². The normalized spacial score (nSPS) is 16.8. The summed E-state index contributed by atoms with van der Waals surface area (Å²) in [6.45, 7) is 0. The number of fused-ring (bicyclic) bond motifs is 1. The molecule has 1 aliphatic carbocycles. The standard InChI is InChI=1S/C15H12ClFN2O/c16-10-6-12-11(13(17)7-10)3-4-14(12)19-15(20)9-2-1-5-18-8-9/h1-2,5-8,14H,3-4H2,(H,19,20)/t14-/m1/s1. The van der Waals surface area contributed by atoms with Crippen LogP contribution in [0.2, 0.25) is 5.02 Å². The summed E-state index contributed by atoms with van der Waals surface area (Å²) in [5, 5.41) is 3.25. The molecule has 1 atom stereocenters. The zero-order chi connectivity index (χ0) is 14.1. The second kappa shape index (κ2) is 5.21. The van der Waals surface area contributed by atoms with E-state index in [1.54, 1.807) is 24.4 Å². The van der Waals surface area contributed by atoms with Crippen LogP contribution in [0.4, 0.5) is 4.39 Å². The highest BCUT2D eigenvalue weighted by Gasteiger charge is 2.27. The topological polar surface area (TPSA) is 42.0 Å². The fourth-order valence-electron chi connectivity index (χ4n) is 2.53. The van der Waals surface area contributed by atoms with Crippen molar-refractivity contribution in [3.8, 4) is 0 Å². The number of rotatable bonds is 2. The third-order valence-electron chi connectivity index (χ3n) is 3.48. The van der Waals surface area contributed by atoms with Crippen LogP contribution in [0.25, 0.3) is 0 Å². The van der Waals surface area contributed by atoms with E-state index in [4.69, 9.17) is 11.6 Å². The van der Waals surface area contributed by atoms with E-state index in [-0.39, 0.29) is 17.8 Å². The lowest BCUT2D eigenvalue weighted by atomic mass is 10.1. The van der Waals surface area contributed by atoms with Crippen LogP contribution in [0.3, 0.4) is 0 Å². The summed E-state index contributed by atoms with van der Waals surface area (Å²) in [5.74, 6) is -0.512. The fourth-order valence-corrected chi connectivity index (χ4v) is 2.74. The van der Waals surface area contributed by atoms with E-state index in [0.717, 1.165) is 5.56 Å². The van der Waals surface area contributed by atoms with Gasteiger partial charge in [0.1, 0.15) is 5.82 Å². The molecule has 3 rings (SSSR count). The summed E-state index contributed by atoms with van der Waals surface area (Å²) >= 11 is 5.88. The maximum absolute atomic E-state index is 13.8. The molecule has 0 spiro atoms. The molecule has 0 saturated heterocycles. The maximum Gasteiger partial charge on any atom is 0.253 e. The third kappa shape index (κ3) is 2.39. The van der Waals surface area contributed by atoms with Crippen molar-refractivity contribution in [3.05, 3.63) is 64.2 Å². The molecule has 0 saturated carbocycles. The van der Waals surface area contributed by atoms with Crippen LogP contribution in [-0.4, -0.2) is 10.9 Å². The van der Waals surface area contributed by atoms with Gasteiger partial charge in [0, 0.05) is 17.4 Å². The third-order valence-corrected chi connectivity index (χ3v) is 3.70. The van der Waals surface area contributed by atoms with Gasteiger partial charge in [-0.2, -0.15) is 0 Å². The number of benzene rings is 1. The number of carbonyl (C=O) groups excluding carboxylic acids is 1. The van der Waals surface area contributed by atoms with E-state index in [0.29, 0.717) is 29.0 Å². The minimum atomic E-state index is -0.300. The van der Waals surface area contributed by atoms with E-state index in [9.17, 15) is 9.18 Å². The van der Waals surface area contributed by atoms with Gasteiger partial charge in [0.2, 0.25) is 0 Å². The highest BCUT2D eigenvalue weighted by molar-refractivity contribution is 6.30. The molecule has 1 heterocycles. The second-order valence-corrected chi connectivity index (χ2v) is 5.20. The molecular formula is C15H12ClFN2O. The van der Waals surface area contributed by atoms with Crippen molar-refractivity contribution < 1.29 is 9.18 Å². The minimum absolute atomic E-state index is 0.203. The summed E-state index contributed by atoms with van der Waals surface area (Å²) < 4.78 is 13.8. The van der Waals surface area contributed by atoms with Gasteiger partial charge in [0.25, 0.3) is 5.91 Å². The smallest absolute Gasteiger partial charge is 0.253 e. The van der Waals surface area contributed by atoms with Crippen LogP contribution in [0.1, 0.15) is 33.9 Å². The molecule has 0 aliphatic heterocycles. The minimum Gasteiger partial charge on any atom is -0.345 e. The summed E-state index contributed by atoms with van der Waals surface area (Å²) in [5.41, 5.74) is 1.90. The Morgan fingerprint density at radius 3 is 3.05 bits per heavy atom. The molecule has 102 valence electrons. The molecule has 1 aromatic carbocycles. The second-order valence-electron chi connectivity index (χ2n) is 4.76. The zero-order valence-corrected chi connectivity index (χ0v) is 11.3. The quantitative estimate of drug-likeness (QED) is 0.922. The fraction of sp³-hybridized carbons (Fsp3) is 0.200. The van der Waals surface area contributed by atoms with Crippen LogP contribution in [0.15, 0.2) is 36.7 Å². The summed E-state index contributed by atoms with van der Waals surface area (Å²) in [4.78, 5) is 16.0. The van der Waals surface area contributed by atoms with Crippen molar-refractivity contribution in [3.63, 3.8) is 0 Å². The van der Waals surface area contributed by atoms with E-state index < -0.39 is 0 Å². The Bertz CT molecular complexity index is 660. The van der Waals surface area contributed by atoms with Crippen LogP contribution in [0.5, 0.6) is 0 Å². The lowest BCUT2D eigenvalue weighted by Gasteiger charge is -2.14. The molecule has 1 N–H and O–H groups in total. The number of halogens is 2. The Morgan fingerprint density at radius 1 is 1.45 bits per heavy atom. The first-order valence-corrected chi connectivity index (χ1v) is 6.71. The summed E-state index contributed by atoms with van der Waals surface area (Å²) in [6, 6.07) is 6.23. The van der Waals surface area contributed by atoms with Crippen molar-refractivity contribution in [1.82, 2.24) is 10.3 Å². The van der Waals surface area contributed by atoms with Gasteiger partial charge in [0.15, 0.2) is 0 Å². The molecule has 5 heteroatoms. The van der Waals surface area contributed by atoms with Gasteiger partial charge >= 0.3 is 0 Å². The first-order chi connectivity index (χ1) is 9.65. The summed E-state index contributed by atoms with van der Waals surface area (Å²) in [6.07, 6.45) is 4.40. The number of pyridine rings is 1. The maximum atomic E-state index is 13.8. The molecule has 2 aromatic rings. The molecule has 0 radical (unpaired) electrons. The highest BCUT2D eigenvalue weighted by atomic mass is 35.5. The van der Waals surface area contributed by atoms with Crippen molar-refractivity contribution in [2.45, 2.75) is 18.9 Å². The van der Waals surface area contributed by atoms with Gasteiger partial charge in [-0.3, -0.25) is 9.78 Å². The van der Waals surface area contributed by atoms with Crippen molar-refractivity contribution in [1.29, 1.82) is 0 Å². The van der Waals surface area contributed by atoms with Crippen LogP contribution in [0, 0.1) is 5.82 Å². The molecule has 1 amide bonds. The number of amides is 1. The van der Waals surface area contributed by atoms with E-state index >= 15 is 0 Å². The van der Waals surface area contributed by atoms with E-state index in [1.165, 1.54) is 12.3 Å². The Hall–Kier alpha value is -1.94. The van der Waals surface area contributed by atoms with Gasteiger partial charge in [-0.15, -0.1) is 0 Å². The van der Waals surface area contributed by atoms with Gasteiger partial charge in [-0.25, -0.2) is 4.39 Å². The monoisotopic (exact) mass is 290 g/mol. The van der Waals surface area contributed by atoms with Gasteiger partial charge in [-0.1, -0.05) is 11.6 Å². The average molecular weight is 291 g/mol. The number of carbonyl (C=O) groups is 1. The number of nitrogens with zero attached hydrogens (tertiary/aromatic N) is 1. The van der Waals surface area contributed by atoms with E-state index in [1.807, 2.05) is 0 Å². The van der Waals surface area contributed by atoms with Crippen LogP contribution < -0.4 is 5.32 Å². The zero-order valence-electron chi connectivity index (χ0n) is 10.6. The van der Waals surface area contributed by atoms with Crippen LogP contribution >= 0.6 is 11.6 Å². The Kier molecular flexibility index (Phi) is 3.40. The van der Waals surface area contributed by atoms with Crippen LogP contribution in [-0.2, 0) is 6.42 Å². The molecule has 0 unspecified atom stereocenters. The van der Waals surface area contributed by atoms with E-state index in [2.05, 4.69) is 10.3 Å². The van der Waals surface area contributed by atoms with Gasteiger partial charge in [0.05, 0.1) is 11.6 Å². The summed E-state index contributed by atoms with van der Waals surface area (Å²) in [7, 11) is 0. The molecule has 0 fully saturated rings. The molecular weight excluding hydrogens is 279 g/mol. The molecule has 1 aliphatic rings. The Morgan fingerprint density at radius 2 is 2.30 bits per heavy atom. The first kappa shape index (κ1) is 13.1. The molecule has 3 nitrogen and oxygen atoms in total. The largest absolute Gasteiger partial charge is 0.345 e. The van der Waals surface area contributed by atoms with Crippen molar-refractivity contribution in [2.75, 3.05) is 0 Å². The number of nitrogens with one attached hydrogen (secondary N) is 1. The Labute approximate surface area is 120 Å².